The summed E-state index contributed by atoms with van der Waals surface area (Å²) in [4.78, 5) is 85.9. The number of aliphatic hydroxyl groups is 2. The Morgan fingerprint density at radius 3 is 2.28 bits per heavy atom. The number of ketones is 3. The van der Waals surface area contributed by atoms with E-state index in [1.165, 1.54) is 18.9 Å². The third-order valence-corrected chi connectivity index (χ3v) is 14.9. The number of methoxy groups -OCH3 is 3. The van der Waals surface area contributed by atoms with Crippen LogP contribution in [0, 0.1) is 35.5 Å². The Morgan fingerprint density at radius 1 is 0.897 bits per heavy atom. The summed E-state index contributed by atoms with van der Waals surface area (Å²) in [6, 6.07) is -1.15. The quantitative estimate of drug-likeness (QED) is 0.189. The molecule has 15 atom stereocenters. The first kappa shape index (κ1) is 56.7. The molecule has 4 rings (SSSR count). The monoisotopic (exact) mass is 955 g/mol. The summed E-state index contributed by atoms with van der Waals surface area (Å²) in [6.45, 7) is 14.1. The number of allylic oxidation sites excluding steroid dienone is 6. The first-order valence-electron chi connectivity index (χ1n) is 24.9. The molecule has 3 N–H and O–H groups in total. The van der Waals surface area contributed by atoms with Gasteiger partial charge in [-0.3, -0.25) is 24.0 Å². The minimum absolute atomic E-state index is 0.0129. The zero-order valence-electron chi connectivity index (χ0n) is 42.6. The van der Waals surface area contributed by atoms with Crippen LogP contribution in [0.1, 0.15) is 132 Å². The first-order chi connectivity index (χ1) is 32.2. The number of ether oxygens (including phenoxy) is 5. The van der Waals surface area contributed by atoms with Crippen molar-refractivity contribution in [2.24, 2.45) is 35.5 Å². The number of fused-ring (bicyclic) bond motifs is 3. The highest BCUT2D eigenvalue weighted by molar-refractivity contribution is 6.39. The van der Waals surface area contributed by atoms with E-state index >= 15 is 0 Å². The van der Waals surface area contributed by atoms with Gasteiger partial charge in [-0.15, -0.1) is 0 Å². The summed E-state index contributed by atoms with van der Waals surface area (Å²) in [7, 11) is 4.53. The van der Waals surface area contributed by atoms with E-state index in [2.05, 4.69) is 5.32 Å². The second-order valence-corrected chi connectivity index (χ2v) is 20.3. The van der Waals surface area contributed by atoms with E-state index < -0.39 is 89.7 Å². The molecule has 15 nitrogen and oxygen atoms in total. The van der Waals surface area contributed by atoms with E-state index in [-0.39, 0.29) is 54.8 Å². The molecule has 7 unspecified atom stereocenters. The summed E-state index contributed by atoms with van der Waals surface area (Å²) in [6.07, 6.45) is 11.2. The fraction of sp³-hybridized carbons (Fsp3) is 0.736. The molecule has 0 spiro atoms. The zero-order valence-corrected chi connectivity index (χ0v) is 42.6. The Hall–Kier alpha value is -3.86. The van der Waals surface area contributed by atoms with Crippen molar-refractivity contribution in [1.29, 1.82) is 0 Å². The van der Waals surface area contributed by atoms with Crippen LogP contribution in [0.4, 0.5) is 0 Å². The molecule has 382 valence electrons. The molecule has 1 saturated carbocycles. The lowest BCUT2D eigenvalue weighted by molar-refractivity contribution is -0.198. The molecule has 2 saturated heterocycles. The molecule has 3 fully saturated rings. The minimum atomic E-state index is -2.01. The largest absolute Gasteiger partial charge is 0.460 e. The van der Waals surface area contributed by atoms with E-state index in [0.717, 1.165) is 5.57 Å². The van der Waals surface area contributed by atoms with E-state index in [1.807, 2.05) is 58.1 Å². The summed E-state index contributed by atoms with van der Waals surface area (Å²) >= 11 is 0. The molecule has 0 radical (unpaired) electrons. The van der Waals surface area contributed by atoms with Crippen molar-refractivity contribution in [3.63, 3.8) is 0 Å². The van der Waals surface area contributed by atoms with Crippen LogP contribution in [0.15, 0.2) is 47.6 Å². The van der Waals surface area contributed by atoms with Gasteiger partial charge >= 0.3 is 5.97 Å². The summed E-state index contributed by atoms with van der Waals surface area (Å²) in [5, 5.41) is 24.7. The van der Waals surface area contributed by atoms with Gasteiger partial charge < -0.3 is 44.1 Å². The third kappa shape index (κ3) is 14.8. The number of piperidine rings is 1. The number of carbonyl (C=O) groups is 6. The molecule has 3 aliphatic heterocycles. The van der Waals surface area contributed by atoms with Crippen LogP contribution in [0.3, 0.4) is 0 Å². The Labute approximate surface area is 404 Å². The number of amides is 2. The Morgan fingerprint density at radius 2 is 1.62 bits per heavy atom. The van der Waals surface area contributed by atoms with Crippen molar-refractivity contribution in [3.05, 3.63) is 47.6 Å². The van der Waals surface area contributed by atoms with Gasteiger partial charge in [0.15, 0.2) is 11.6 Å². The highest BCUT2D eigenvalue weighted by Gasteiger charge is 2.55. The molecule has 2 amide bonds. The molecule has 2 bridgehead atoms. The second-order valence-electron chi connectivity index (χ2n) is 20.3. The Kier molecular flexibility index (Phi) is 22.0. The van der Waals surface area contributed by atoms with Gasteiger partial charge in [-0.1, -0.05) is 71.1 Å². The lowest BCUT2D eigenvalue weighted by Crippen LogP contribution is -2.67. The number of hydrogen-bond donors (Lipinski definition) is 3. The fourth-order valence-electron chi connectivity index (χ4n) is 10.6. The molecular formula is C53H82N2O13. The van der Waals surface area contributed by atoms with Gasteiger partial charge in [-0.2, -0.15) is 0 Å². The van der Waals surface area contributed by atoms with Crippen molar-refractivity contribution in [1.82, 2.24) is 10.2 Å². The molecule has 0 aromatic heterocycles. The predicted octanol–water partition coefficient (Wildman–Crippen LogP) is 6.32. The van der Waals surface area contributed by atoms with Gasteiger partial charge in [0.2, 0.25) is 11.6 Å². The molecule has 0 aromatic carbocycles. The van der Waals surface area contributed by atoms with Crippen molar-refractivity contribution in [2.75, 3.05) is 27.9 Å². The van der Waals surface area contributed by atoms with Gasteiger partial charge in [0.05, 0.1) is 30.5 Å². The van der Waals surface area contributed by atoms with Gasteiger partial charge in [-0.05, 0) is 107 Å². The fourth-order valence-corrected chi connectivity index (χ4v) is 10.6. The SMILES string of the molecule is CO[C@H]1C[C@@H]2CC[C@@H](C)[C@@](NC(C)=O)(O2)C(=O)C(=O)N2CCCCC2C(=O)OC([C@H](C)CC2CC[C@@H](O)[C@H](OC)C2)CC(=O)C(C)=CC(C)C(O)[C@@H](OC)C(=O)C(C)CC(C)C=CC=CC=C1C. The molecule has 1 aliphatic carbocycles. The number of carbonyl (C=O) groups excluding carboxylic acids is 6. The van der Waals surface area contributed by atoms with Crippen LogP contribution in [0.2, 0.25) is 0 Å². The van der Waals surface area contributed by atoms with Crippen molar-refractivity contribution in [2.45, 2.75) is 187 Å². The van der Waals surface area contributed by atoms with Gasteiger partial charge in [0.1, 0.15) is 18.2 Å². The maximum atomic E-state index is 14.8. The molecule has 3 heterocycles. The third-order valence-electron chi connectivity index (χ3n) is 14.9. The number of cyclic esters (lactones) is 1. The number of nitrogens with zero attached hydrogens (tertiary/aromatic N) is 1. The van der Waals surface area contributed by atoms with Crippen LogP contribution in [0.5, 0.6) is 0 Å². The van der Waals surface area contributed by atoms with Gasteiger partial charge in [-0.25, -0.2) is 4.79 Å². The molecule has 0 aromatic rings. The topological polar surface area (TPSA) is 204 Å². The number of esters is 1. The maximum Gasteiger partial charge on any atom is 0.329 e. The van der Waals surface area contributed by atoms with E-state index in [9.17, 15) is 39.0 Å². The molecule has 68 heavy (non-hydrogen) atoms. The molecular weight excluding hydrogens is 873 g/mol. The lowest BCUT2D eigenvalue weighted by Gasteiger charge is -2.46. The minimum Gasteiger partial charge on any atom is -0.460 e. The number of nitrogens with one attached hydrogen (secondary N) is 1. The van der Waals surface area contributed by atoms with E-state index in [1.54, 1.807) is 41.1 Å². The summed E-state index contributed by atoms with van der Waals surface area (Å²) < 4.78 is 30.0. The van der Waals surface area contributed by atoms with Crippen molar-refractivity contribution < 1.29 is 62.7 Å². The standard InChI is InChI=1S/C53H82N2O13/c1-31-17-13-12-14-18-32(2)44(64-9)29-40-22-20-37(7)53(68-40,54-38(8)56)50(61)51(62)55-24-16-15-19-41(55)52(63)67-45(34(4)27-39-21-23-42(57)46(28-39)65-10)30-43(58)33(3)26-36(6)48(60)49(66-11)47(59)35(5)25-31/h12-14,17-18,26,31,34-37,39-42,44-46,48-49,57,60H,15-16,19-25,27-30H2,1-11H3,(H,54,56)/t31?,34-,35?,36?,37-,39?,40+,41?,42-,44+,45?,46-,48?,49+,53-/m1/s1. The van der Waals surface area contributed by atoms with Crippen LogP contribution >= 0.6 is 0 Å². The molecule has 4 aliphatic rings. The van der Waals surface area contributed by atoms with Crippen LogP contribution in [-0.4, -0.2) is 133 Å². The van der Waals surface area contributed by atoms with Crippen LogP contribution in [-0.2, 0) is 52.5 Å². The number of rotatable bonds is 7. The van der Waals surface area contributed by atoms with Crippen LogP contribution < -0.4 is 5.32 Å². The normalized spacial score (nSPS) is 36.6. The zero-order chi connectivity index (χ0) is 50.5. The summed E-state index contributed by atoms with van der Waals surface area (Å²) in [5.41, 5.74) is -0.818. The Bertz CT molecular complexity index is 1880. The van der Waals surface area contributed by atoms with Crippen molar-refractivity contribution in [3.8, 4) is 0 Å². The van der Waals surface area contributed by atoms with E-state index in [4.69, 9.17) is 23.7 Å². The lowest BCUT2D eigenvalue weighted by atomic mass is 9.78. The van der Waals surface area contributed by atoms with Crippen molar-refractivity contribution >= 4 is 35.1 Å². The smallest absolute Gasteiger partial charge is 0.329 e. The highest BCUT2D eigenvalue weighted by atomic mass is 16.6. The average Bonchev–Trinajstić information content (AvgIpc) is 3.30. The number of Topliss-reactive ketones (excluding diaryl/α,β-unsaturated/α-hetero) is 3. The first-order valence-corrected chi connectivity index (χ1v) is 24.9. The van der Waals surface area contributed by atoms with E-state index in [0.29, 0.717) is 69.8 Å². The molecule has 15 heteroatoms. The summed E-state index contributed by atoms with van der Waals surface area (Å²) in [5.74, 6) is -5.78. The predicted molar refractivity (Wildman–Crippen MR) is 257 cm³/mol. The number of hydrogen-bond acceptors (Lipinski definition) is 13. The highest BCUT2D eigenvalue weighted by Crippen LogP contribution is 2.38. The maximum absolute atomic E-state index is 14.8. The van der Waals surface area contributed by atoms with Crippen LogP contribution in [0.25, 0.3) is 0 Å². The van der Waals surface area contributed by atoms with Gasteiger partial charge in [0, 0.05) is 65.4 Å². The number of aliphatic hydroxyl groups excluding tert-OH is 2. The Balaban J connectivity index is 1.76. The average molecular weight is 955 g/mol. The van der Waals surface area contributed by atoms with Gasteiger partial charge in [0.25, 0.3) is 11.7 Å². The second kappa shape index (κ2) is 26.4.